The first kappa shape index (κ1) is 15.5. The highest BCUT2D eigenvalue weighted by atomic mass is 32.2. The van der Waals surface area contributed by atoms with Gasteiger partial charge in [0.1, 0.15) is 0 Å². The van der Waals surface area contributed by atoms with E-state index in [0.29, 0.717) is 12.6 Å². The maximum absolute atomic E-state index is 11.9. The minimum absolute atomic E-state index is 0.0254. The van der Waals surface area contributed by atoms with Gasteiger partial charge in [0.05, 0.1) is 12.6 Å². The summed E-state index contributed by atoms with van der Waals surface area (Å²) in [6, 6.07) is 0.138. The molecule has 1 N–H and O–H groups in total. The van der Waals surface area contributed by atoms with Crippen molar-refractivity contribution in [3.05, 3.63) is 0 Å². The Morgan fingerprint density at radius 1 is 1.44 bits per heavy atom. The number of nitrogens with one attached hydrogen (secondary N) is 1. The Hall–Kier alpha value is -0.550. The van der Waals surface area contributed by atoms with Gasteiger partial charge in [-0.1, -0.05) is 13.8 Å². The number of nitrogens with zero attached hydrogens (tertiary/aromatic N) is 1. The quantitative estimate of drug-likeness (QED) is 0.788. The van der Waals surface area contributed by atoms with Gasteiger partial charge in [-0.05, 0) is 32.1 Å². The normalized spacial score (nSPS) is 21.3. The lowest BCUT2D eigenvalue weighted by molar-refractivity contribution is -0.128. The summed E-state index contributed by atoms with van der Waals surface area (Å²) < 4.78 is 0. The third-order valence-electron chi connectivity index (χ3n) is 3.34. The van der Waals surface area contributed by atoms with Crippen LogP contribution in [-0.4, -0.2) is 53.8 Å². The van der Waals surface area contributed by atoms with E-state index >= 15 is 0 Å². The number of carbonyl (C=O) groups excluding carboxylic acids is 2. The molecule has 104 valence electrons. The number of Topliss-reactive ketones (excluding diaryl/α,β-unsaturated/α-hetero) is 1. The smallest absolute Gasteiger partial charge is 0.234 e. The second-order valence-electron chi connectivity index (χ2n) is 5.33. The number of thioether (sulfide) groups is 1. The SMILES string of the molecule is CC(=O)C(NC(=O)CN(C)C1CCSC1)C(C)C. The summed E-state index contributed by atoms with van der Waals surface area (Å²) in [5.74, 6) is 2.39. The highest BCUT2D eigenvalue weighted by Gasteiger charge is 2.24. The Kier molecular flexibility index (Phi) is 6.15. The molecule has 4 nitrogen and oxygen atoms in total. The van der Waals surface area contributed by atoms with Gasteiger partial charge in [0.15, 0.2) is 5.78 Å². The molecule has 0 saturated carbocycles. The molecule has 18 heavy (non-hydrogen) atoms. The Morgan fingerprint density at radius 2 is 2.11 bits per heavy atom. The van der Waals surface area contributed by atoms with E-state index in [-0.39, 0.29) is 23.7 Å². The first-order valence-corrected chi connectivity index (χ1v) is 7.65. The van der Waals surface area contributed by atoms with Crippen LogP contribution in [0.4, 0.5) is 0 Å². The third kappa shape index (κ3) is 4.61. The van der Waals surface area contributed by atoms with Crippen LogP contribution in [0.2, 0.25) is 0 Å². The van der Waals surface area contributed by atoms with Gasteiger partial charge in [0.2, 0.25) is 5.91 Å². The van der Waals surface area contributed by atoms with Crippen LogP contribution in [0.15, 0.2) is 0 Å². The maximum atomic E-state index is 11.9. The van der Waals surface area contributed by atoms with E-state index < -0.39 is 0 Å². The molecule has 0 aromatic rings. The molecule has 1 aliphatic rings. The van der Waals surface area contributed by atoms with Crippen LogP contribution >= 0.6 is 11.8 Å². The standard InChI is InChI=1S/C13H24N2O2S/c1-9(2)13(10(3)16)14-12(17)7-15(4)11-5-6-18-8-11/h9,11,13H,5-8H2,1-4H3,(H,14,17). The fourth-order valence-electron chi connectivity index (χ4n) is 2.18. The summed E-state index contributed by atoms with van der Waals surface area (Å²) in [7, 11) is 1.98. The Labute approximate surface area is 114 Å². The summed E-state index contributed by atoms with van der Waals surface area (Å²) in [6.45, 7) is 5.80. The molecule has 5 heteroatoms. The van der Waals surface area contributed by atoms with Gasteiger partial charge in [-0.25, -0.2) is 0 Å². The largest absolute Gasteiger partial charge is 0.345 e. The summed E-state index contributed by atoms with van der Waals surface area (Å²) >= 11 is 1.93. The van der Waals surface area contributed by atoms with E-state index in [2.05, 4.69) is 10.2 Å². The van der Waals surface area contributed by atoms with Crippen molar-refractivity contribution >= 4 is 23.5 Å². The summed E-state index contributed by atoms with van der Waals surface area (Å²) in [5.41, 5.74) is 0. The molecule has 0 radical (unpaired) electrons. The molecule has 1 aliphatic heterocycles. The van der Waals surface area contributed by atoms with Crippen molar-refractivity contribution in [1.29, 1.82) is 0 Å². The molecule has 1 amide bonds. The van der Waals surface area contributed by atoms with Crippen molar-refractivity contribution in [3.8, 4) is 0 Å². The molecule has 0 spiro atoms. The van der Waals surface area contributed by atoms with Gasteiger partial charge in [0.25, 0.3) is 0 Å². The topological polar surface area (TPSA) is 49.4 Å². The number of ketones is 1. The number of carbonyl (C=O) groups is 2. The molecule has 2 atom stereocenters. The molecular formula is C13H24N2O2S. The van der Waals surface area contributed by atoms with Crippen molar-refractivity contribution in [2.75, 3.05) is 25.1 Å². The third-order valence-corrected chi connectivity index (χ3v) is 4.49. The number of likely N-dealkylation sites (N-methyl/N-ethyl adjacent to an activating group) is 1. The molecule has 0 aliphatic carbocycles. The molecule has 0 aromatic carbocycles. The van der Waals surface area contributed by atoms with Crippen molar-refractivity contribution in [3.63, 3.8) is 0 Å². The molecule has 2 unspecified atom stereocenters. The second kappa shape index (κ2) is 7.14. The molecule has 1 saturated heterocycles. The second-order valence-corrected chi connectivity index (χ2v) is 6.48. The number of hydrogen-bond acceptors (Lipinski definition) is 4. The predicted molar refractivity (Wildman–Crippen MR) is 75.8 cm³/mol. The predicted octanol–water partition coefficient (Wildman–Crippen LogP) is 1.15. The molecule has 1 rings (SSSR count). The van der Waals surface area contributed by atoms with Crippen molar-refractivity contribution in [2.24, 2.45) is 5.92 Å². The van der Waals surface area contributed by atoms with Gasteiger partial charge in [-0.3, -0.25) is 14.5 Å². The lowest BCUT2D eigenvalue weighted by atomic mass is 10.0. The zero-order valence-electron chi connectivity index (χ0n) is 11.7. The van der Waals surface area contributed by atoms with Gasteiger partial charge < -0.3 is 5.32 Å². The van der Waals surface area contributed by atoms with E-state index in [0.717, 1.165) is 12.2 Å². The molecule has 1 heterocycles. The van der Waals surface area contributed by atoms with Gasteiger partial charge in [0, 0.05) is 11.8 Å². The highest BCUT2D eigenvalue weighted by Crippen LogP contribution is 2.20. The zero-order chi connectivity index (χ0) is 13.7. The van der Waals surface area contributed by atoms with E-state index in [1.165, 1.54) is 12.7 Å². The Bertz CT molecular complexity index is 301. The summed E-state index contributed by atoms with van der Waals surface area (Å²) in [5, 5.41) is 2.83. The maximum Gasteiger partial charge on any atom is 0.234 e. The fourth-order valence-corrected chi connectivity index (χ4v) is 3.48. The van der Waals surface area contributed by atoms with Crippen molar-refractivity contribution in [2.45, 2.75) is 39.3 Å². The van der Waals surface area contributed by atoms with E-state index in [1.807, 2.05) is 32.7 Å². The number of amides is 1. The molecular weight excluding hydrogens is 248 g/mol. The minimum atomic E-state index is -0.358. The van der Waals surface area contributed by atoms with Crippen LogP contribution in [-0.2, 0) is 9.59 Å². The van der Waals surface area contributed by atoms with Gasteiger partial charge >= 0.3 is 0 Å². The number of hydrogen-bond donors (Lipinski definition) is 1. The van der Waals surface area contributed by atoms with Crippen molar-refractivity contribution in [1.82, 2.24) is 10.2 Å². The van der Waals surface area contributed by atoms with Crippen molar-refractivity contribution < 1.29 is 9.59 Å². The summed E-state index contributed by atoms with van der Waals surface area (Å²) in [4.78, 5) is 25.4. The van der Waals surface area contributed by atoms with Crippen LogP contribution in [0, 0.1) is 5.92 Å². The van der Waals surface area contributed by atoms with Crippen LogP contribution < -0.4 is 5.32 Å². The lowest BCUT2D eigenvalue weighted by Crippen LogP contribution is -2.48. The molecule has 1 fully saturated rings. The van der Waals surface area contributed by atoms with E-state index in [4.69, 9.17) is 0 Å². The first-order valence-electron chi connectivity index (χ1n) is 6.49. The van der Waals surface area contributed by atoms with Crippen LogP contribution in [0.1, 0.15) is 27.2 Å². The van der Waals surface area contributed by atoms with Crippen LogP contribution in [0.5, 0.6) is 0 Å². The Balaban J connectivity index is 2.42. The van der Waals surface area contributed by atoms with Crippen LogP contribution in [0.3, 0.4) is 0 Å². The van der Waals surface area contributed by atoms with Crippen LogP contribution in [0.25, 0.3) is 0 Å². The number of rotatable bonds is 6. The molecule has 0 bridgehead atoms. The average Bonchev–Trinajstić information content (AvgIpc) is 2.78. The fraction of sp³-hybridized carbons (Fsp3) is 0.846. The highest BCUT2D eigenvalue weighted by molar-refractivity contribution is 7.99. The van der Waals surface area contributed by atoms with Gasteiger partial charge in [-0.15, -0.1) is 0 Å². The first-order chi connectivity index (χ1) is 8.41. The average molecular weight is 272 g/mol. The molecule has 0 aromatic heterocycles. The Morgan fingerprint density at radius 3 is 2.56 bits per heavy atom. The van der Waals surface area contributed by atoms with E-state index in [9.17, 15) is 9.59 Å². The minimum Gasteiger partial charge on any atom is -0.345 e. The monoisotopic (exact) mass is 272 g/mol. The van der Waals surface area contributed by atoms with Gasteiger partial charge in [-0.2, -0.15) is 11.8 Å². The lowest BCUT2D eigenvalue weighted by Gasteiger charge is -2.25. The van der Waals surface area contributed by atoms with E-state index in [1.54, 1.807) is 0 Å². The summed E-state index contributed by atoms with van der Waals surface area (Å²) in [6.07, 6.45) is 1.15. The zero-order valence-corrected chi connectivity index (χ0v) is 12.5.